The Morgan fingerprint density at radius 2 is 2.00 bits per heavy atom. The highest BCUT2D eigenvalue weighted by atomic mass is 16.7. The minimum Gasteiger partial charge on any atom is -0.430 e. The molecule has 0 spiro atoms. The molecular weight excluding hydrogens is 180 g/mol. The summed E-state index contributed by atoms with van der Waals surface area (Å²) in [6, 6.07) is 9.76. The molecule has 0 aliphatic carbocycles. The van der Waals surface area contributed by atoms with Gasteiger partial charge in [0.1, 0.15) is 0 Å². The summed E-state index contributed by atoms with van der Waals surface area (Å²) in [4.78, 5) is 6.83. The molecule has 0 saturated heterocycles. The van der Waals surface area contributed by atoms with Gasteiger partial charge in [-0.1, -0.05) is 30.3 Å². The number of rotatable bonds is 1. The van der Waals surface area contributed by atoms with Crippen LogP contribution < -0.4 is 9.47 Å². The summed E-state index contributed by atoms with van der Waals surface area (Å²) in [7, 11) is 0. The number of ether oxygens (including phenoxy) is 2. The van der Waals surface area contributed by atoms with Crippen LogP contribution in [0.2, 0.25) is 0 Å². The van der Waals surface area contributed by atoms with Crippen molar-refractivity contribution in [2.75, 3.05) is 0 Å². The predicted molar refractivity (Wildman–Crippen MR) is 49.0 cm³/mol. The van der Waals surface area contributed by atoms with Crippen LogP contribution in [0, 0.1) is 0 Å². The second-order valence-corrected chi connectivity index (χ2v) is 3.02. The summed E-state index contributed by atoms with van der Waals surface area (Å²) in [5.74, 6) is 1.12. The minimum absolute atomic E-state index is 0.369. The van der Waals surface area contributed by atoms with Crippen LogP contribution in [0.15, 0.2) is 36.7 Å². The van der Waals surface area contributed by atoms with Gasteiger partial charge in [0.05, 0.1) is 6.33 Å². The molecule has 70 valence electrons. The zero-order valence-electron chi connectivity index (χ0n) is 7.31. The molecule has 2 heterocycles. The van der Waals surface area contributed by atoms with E-state index in [4.69, 9.17) is 9.47 Å². The lowest BCUT2D eigenvalue weighted by molar-refractivity contribution is 0.0429. The predicted octanol–water partition coefficient (Wildman–Crippen LogP) is 1.88. The van der Waals surface area contributed by atoms with Crippen LogP contribution in [0.3, 0.4) is 0 Å². The Hall–Kier alpha value is -1.97. The molecule has 0 fully saturated rings. The van der Waals surface area contributed by atoms with Gasteiger partial charge in [0.25, 0.3) is 18.1 Å². The number of benzene rings is 1. The van der Waals surface area contributed by atoms with Crippen molar-refractivity contribution >= 4 is 0 Å². The first-order chi connectivity index (χ1) is 6.93. The van der Waals surface area contributed by atoms with Gasteiger partial charge < -0.3 is 14.5 Å². The third kappa shape index (κ3) is 1.04. The smallest absolute Gasteiger partial charge is 0.280 e. The van der Waals surface area contributed by atoms with Crippen molar-refractivity contribution in [3.63, 3.8) is 0 Å². The second kappa shape index (κ2) is 2.77. The summed E-state index contributed by atoms with van der Waals surface area (Å²) in [6.07, 6.45) is 1.18. The van der Waals surface area contributed by atoms with Crippen LogP contribution in [0.1, 0.15) is 11.9 Å². The third-order valence-electron chi connectivity index (χ3n) is 2.09. The first-order valence-corrected chi connectivity index (χ1v) is 4.35. The zero-order chi connectivity index (χ0) is 9.38. The number of hydrogen-bond donors (Lipinski definition) is 1. The highest BCUT2D eigenvalue weighted by Gasteiger charge is 2.27. The fourth-order valence-corrected chi connectivity index (χ4v) is 1.42. The molecule has 4 nitrogen and oxygen atoms in total. The van der Waals surface area contributed by atoms with Crippen molar-refractivity contribution in [2.45, 2.75) is 6.29 Å². The lowest BCUT2D eigenvalue weighted by Crippen LogP contribution is -2.08. The van der Waals surface area contributed by atoms with Crippen molar-refractivity contribution in [1.82, 2.24) is 9.97 Å². The maximum atomic E-state index is 5.49. The summed E-state index contributed by atoms with van der Waals surface area (Å²) in [6.45, 7) is 0. The van der Waals surface area contributed by atoms with E-state index in [9.17, 15) is 0 Å². The van der Waals surface area contributed by atoms with Gasteiger partial charge in [-0.15, -0.1) is 0 Å². The van der Waals surface area contributed by atoms with E-state index in [1.807, 2.05) is 30.3 Å². The topological polar surface area (TPSA) is 47.1 Å². The minimum atomic E-state index is -0.369. The van der Waals surface area contributed by atoms with E-state index in [-0.39, 0.29) is 6.29 Å². The van der Waals surface area contributed by atoms with Gasteiger partial charge in [-0.05, 0) is 0 Å². The molecule has 1 aliphatic heterocycles. The lowest BCUT2D eigenvalue weighted by atomic mass is 10.2. The molecule has 4 heteroatoms. The number of aromatic nitrogens is 2. The molecule has 1 atom stereocenters. The lowest BCUT2D eigenvalue weighted by Gasteiger charge is -2.09. The Balaban J connectivity index is 1.89. The van der Waals surface area contributed by atoms with Crippen molar-refractivity contribution < 1.29 is 9.47 Å². The van der Waals surface area contributed by atoms with E-state index in [1.165, 1.54) is 0 Å². The van der Waals surface area contributed by atoms with Crippen LogP contribution in [-0.4, -0.2) is 9.97 Å². The quantitative estimate of drug-likeness (QED) is 0.743. The van der Waals surface area contributed by atoms with Gasteiger partial charge in [-0.2, -0.15) is 4.98 Å². The van der Waals surface area contributed by atoms with E-state index in [0.717, 1.165) is 5.56 Å². The molecule has 3 rings (SSSR count). The zero-order valence-corrected chi connectivity index (χ0v) is 7.31. The molecule has 1 N–H and O–H groups in total. The van der Waals surface area contributed by atoms with Crippen molar-refractivity contribution in [3.05, 3.63) is 42.2 Å². The van der Waals surface area contributed by atoms with Gasteiger partial charge in [-0.3, -0.25) is 0 Å². The highest BCUT2D eigenvalue weighted by Crippen LogP contribution is 2.36. The second-order valence-electron chi connectivity index (χ2n) is 3.02. The molecule has 0 radical (unpaired) electrons. The fourth-order valence-electron chi connectivity index (χ4n) is 1.42. The van der Waals surface area contributed by atoms with E-state index >= 15 is 0 Å². The summed E-state index contributed by atoms with van der Waals surface area (Å²) in [5, 5.41) is 0. The van der Waals surface area contributed by atoms with Gasteiger partial charge in [-0.25, -0.2) is 0 Å². The van der Waals surface area contributed by atoms with E-state index < -0.39 is 0 Å². The number of nitrogens with zero attached hydrogens (tertiary/aromatic N) is 1. The molecule has 1 unspecified atom stereocenters. The summed E-state index contributed by atoms with van der Waals surface area (Å²) in [5.41, 5.74) is 0.985. The molecule has 1 aromatic carbocycles. The normalized spacial score (nSPS) is 14.6. The molecule has 0 saturated carbocycles. The molecule has 14 heavy (non-hydrogen) atoms. The Kier molecular flexibility index (Phi) is 1.47. The van der Waals surface area contributed by atoms with Gasteiger partial charge in [0.15, 0.2) is 0 Å². The Labute approximate surface area is 80.5 Å². The van der Waals surface area contributed by atoms with Crippen LogP contribution in [-0.2, 0) is 0 Å². The number of imidazole rings is 1. The fraction of sp³-hybridized carbons (Fsp3) is 0.100. The number of H-pyrrole nitrogens is 1. The molecule has 0 bridgehead atoms. The van der Waals surface area contributed by atoms with Crippen LogP contribution in [0.5, 0.6) is 11.8 Å². The average molecular weight is 188 g/mol. The highest BCUT2D eigenvalue weighted by molar-refractivity contribution is 5.31. The molecule has 1 aliphatic rings. The Bertz CT molecular complexity index is 418. The van der Waals surface area contributed by atoms with Crippen molar-refractivity contribution in [3.8, 4) is 11.8 Å². The Morgan fingerprint density at radius 1 is 1.14 bits per heavy atom. The van der Waals surface area contributed by atoms with Gasteiger partial charge >= 0.3 is 0 Å². The number of nitrogens with one attached hydrogen (secondary N) is 1. The van der Waals surface area contributed by atoms with Crippen molar-refractivity contribution in [1.29, 1.82) is 0 Å². The van der Waals surface area contributed by atoms with E-state index in [0.29, 0.717) is 11.8 Å². The third-order valence-corrected chi connectivity index (χ3v) is 2.09. The summed E-state index contributed by atoms with van der Waals surface area (Å²) >= 11 is 0. The van der Waals surface area contributed by atoms with Crippen molar-refractivity contribution in [2.24, 2.45) is 0 Å². The molecule has 1 aromatic heterocycles. The maximum Gasteiger partial charge on any atom is 0.280 e. The molecule has 2 aromatic rings. The van der Waals surface area contributed by atoms with Crippen LogP contribution in [0.4, 0.5) is 0 Å². The Morgan fingerprint density at radius 3 is 2.79 bits per heavy atom. The van der Waals surface area contributed by atoms with Gasteiger partial charge in [0.2, 0.25) is 0 Å². The number of fused-ring (bicyclic) bond motifs is 1. The maximum absolute atomic E-state index is 5.49. The van der Waals surface area contributed by atoms with Crippen LogP contribution in [0.25, 0.3) is 0 Å². The van der Waals surface area contributed by atoms with E-state index in [1.54, 1.807) is 6.33 Å². The molecular formula is C10H8N2O2. The van der Waals surface area contributed by atoms with E-state index in [2.05, 4.69) is 9.97 Å². The SMILES string of the molecule is c1ccc(C2Oc3nc[nH]c3O2)cc1. The van der Waals surface area contributed by atoms with Crippen LogP contribution >= 0.6 is 0 Å². The molecule has 0 amide bonds. The van der Waals surface area contributed by atoms with Gasteiger partial charge in [0, 0.05) is 5.56 Å². The first-order valence-electron chi connectivity index (χ1n) is 4.35. The standard InChI is InChI=1S/C10H8N2O2/c1-2-4-7(5-3-1)10-13-8-9(14-10)12-6-11-8/h1-6,10H,(H,11,12). The number of hydrogen-bond acceptors (Lipinski definition) is 3. The summed E-state index contributed by atoms with van der Waals surface area (Å²) < 4.78 is 11.0. The monoisotopic (exact) mass is 188 g/mol. The first kappa shape index (κ1) is 7.44. The largest absolute Gasteiger partial charge is 0.430 e. The average Bonchev–Trinajstić information content (AvgIpc) is 2.78. The number of aromatic amines is 1.